The molecule has 1 aliphatic heterocycles. The van der Waals surface area contributed by atoms with E-state index in [1.807, 2.05) is 58.8 Å². The number of carbonyl (C=O) groups is 1. The molecule has 0 bridgehead atoms. The number of rotatable bonds is 4. The van der Waals surface area contributed by atoms with Crippen molar-refractivity contribution in [2.45, 2.75) is 6.54 Å². The van der Waals surface area contributed by atoms with Crippen molar-refractivity contribution in [1.82, 2.24) is 24.6 Å². The molecule has 4 rings (SSSR count). The lowest BCUT2D eigenvalue weighted by molar-refractivity contribution is -0.132. The van der Waals surface area contributed by atoms with Crippen LogP contribution in [0.2, 0.25) is 0 Å². The Morgan fingerprint density at radius 1 is 1.15 bits per heavy atom. The predicted molar refractivity (Wildman–Crippen MR) is 105 cm³/mol. The molecule has 1 aromatic carbocycles. The van der Waals surface area contributed by atoms with Gasteiger partial charge in [0, 0.05) is 46.3 Å². The molecule has 2 aromatic heterocycles. The Morgan fingerprint density at radius 2 is 1.93 bits per heavy atom. The van der Waals surface area contributed by atoms with Gasteiger partial charge in [-0.2, -0.15) is 5.10 Å². The van der Waals surface area contributed by atoms with Gasteiger partial charge in [-0.3, -0.25) is 4.79 Å². The second-order valence-corrected chi connectivity index (χ2v) is 6.90. The zero-order valence-electron chi connectivity index (χ0n) is 15.6. The van der Waals surface area contributed by atoms with Crippen LogP contribution in [0.5, 0.6) is 0 Å². The van der Waals surface area contributed by atoms with Crippen molar-refractivity contribution >= 4 is 28.4 Å². The van der Waals surface area contributed by atoms with Crippen LogP contribution in [0.3, 0.4) is 0 Å². The molecule has 8 nitrogen and oxygen atoms in total. The number of hydrogen-bond donors (Lipinski definition) is 0. The van der Waals surface area contributed by atoms with Gasteiger partial charge in [-0.05, 0) is 12.1 Å². The number of anilines is 2. The zero-order chi connectivity index (χ0) is 18.8. The SMILES string of the molecule is CN(C)c1cnnc(N2CCN(C(=O)Cn3cnc4ccccc43)CC2)c1. The Labute approximate surface area is 158 Å². The van der Waals surface area contributed by atoms with Crippen molar-refractivity contribution < 1.29 is 4.79 Å². The van der Waals surface area contributed by atoms with Gasteiger partial charge in [0.15, 0.2) is 5.82 Å². The first-order chi connectivity index (χ1) is 13.1. The van der Waals surface area contributed by atoms with Crippen LogP contribution >= 0.6 is 0 Å². The minimum atomic E-state index is 0.117. The molecule has 27 heavy (non-hydrogen) atoms. The maximum atomic E-state index is 12.7. The van der Waals surface area contributed by atoms with E-state index in [4.69, 9.17) is 0 Å². The molecule has 140 valence electrons. The monoisotopic (exact) mass is 365 g/mol. The van der Waals surface area contributed by atoms with E-state index in [2.05, 4.69) is 20.1 Å². The first kappa shape index (κ1) is 17.3. The third-order valence-electron chi connectivity index (χ3n) is 4.93. The normalized spacial score (nSPS) is 14.6. The summed E-state index contributed by atoms with van der Waals surface area (Å²) in [5.41, 5.74) is 2.92. The summed E-state index contributed by atoms with van der Waals surface area (Å²) in [5.74, 6) is 0.972. The van der Waals surface area contributed by atoms with E-state index in [0.29, 0.717) is 19.6 Å². The molecule has 0 atom stereocenters. The summed E-state index contributed by atoms with van der Waals surface area (Å²) in [6.07, 6.45) is 3.49. The molecular formula is C19H23N7O. The first-order valence-corrected chi connectivity index (χ1v) is 9.04. The molecule has 0 radical (unpaired) electrons. The highest BCUT2D eigenvalue weighted by Crippen LogP contribution is 2.19. The Kier molecular flexibility index (Phi) is 4.62. The average Bonchev–Trinajstić information content (AvgIpc) is 3.11. The quantitative estimate of drug-likeness (QED) is 0.693. The van der Waals surface area contributed by atoms with Gasteiger partial charge in [-0.15, -0.1) is 5.10 Å². The molecule has 0 saturated carbocycles. The second-order valence-electron chi connectivity index (χ2n) is 6.90. The van der Waals surface area contributed by atoms with Gasteiger partial charge in [0.25, 0.3) is 0 Å². The van der Waals surface area contributed by atoms with E-state index in [-0.39, 0.29) is 5.91 Å². The molecule has 1 aliphatic rings. The smallest absolute Gasteiger partial charge is 0.242 e. The van der Waals surface area contributed by atoms with E-state index in [9.17, 15) is 4.79 Å². The molecule has 1 fully saturated rings. The van der Waals surface area contributed by atoms with Gasteiger partial charge in [0.1, 0.15) is 6.54 Å². The number of aromatic nitrogens is 4. The summed E-state index contributed by atoms with van der Waals surface area (Å²) in [6, 6.07) is 9.89. The molecule has 3 aromatic rings. The summed E-state index contributed by atoms with van der Waals surface area (Å²) in [5, 5.41) is 8.33. The van der Waals surface area contributed by atoms with Crippen LogP contribution < -0.4 is 9.80 Å². The molecule has 3 heterocycles. The van der Waals surface area contributed by atoms with Crippen LogP contribution in [0, 0.1) is 0 Å². The maximum Gasteiger partial charge on any atom is 0.242 e. The van der Waals surface area contributed by atoms with Gasteiger partial charge in [-0.25, -0.2) is 4.98 Å². The van der Waals surface area contributed by atoms with E-state index in [1.165, 1.54) is 0 Å². The van der Waals surface area contributed by atoms with Crippen molar-refractivity contribution in [3.8, 4) is 0 Å². The molecule has 0 N–H and O–H groups in total. The number of piperazine rings is 1. The van der Waals surface area contributed by atoms with Crippen molar-refractivity contribution in [3.05, 3.63) is 42.9 Å². The highest BCUT2D eigenvalue weighted by atomic mass is 16.2. The minimum absolute atomic E-state index is 0.117. The standard InChI is InChI=1S/C19H23N7O/c1-23(2)15-11-18(22-21-12-15)24-7-9-25(10-8-24)19(27)13-26-14-20-16-5-3-4-6-17(16)26/h3-6,11-12,14H,7-10,13H2,1-2H3. The summed E-state index contributed by atoms with van der Waals surface area (Å²) < 4.78 is 1.91. The van der Waals surface area contributed by atoms with Crippen LogP contribution in [0.1, 0.15) is 0 Å². The van der Waals surface area contributed by atoms with E-state index < -0.39 is 0 Å². The summed E-state index contributed by atoms with van der Waals surface area (Å²) in [6.45, 7) is 3.18. The summed E-state index contributed by atoms with van der Waals surface area (Å²) in [7, 11) is 3.97. The third-order valence-corrected chi connectivity index (χ3v) is 4.93. The van der Waals surface area contributed by atoms with Gasteiger partial charge in [-0.1, -0.05) is 12.1 Å². The molecule has 0 spiro atoms. The number of amides is 1. The summed E-state index contributed by atoms with van der Waals surface area (Å²) >= 11 is 0. The number of nitrogens with zero attached hydrogens (tertiary/aromatic N) is 7. The lowest BCUT2D eigenvalue weighted by atomic mass is 10.3. The number of benzene rings is 1. The lowest BCUT2D eigenvalue weighted by Gasteiger charge is -2.35. The molecule has 1 saturated heterocycles. The van der Waals surface area contributed by atoms with E-state index in [0.717, 1.165) is 35.6 Å². The number of carbonyl (C=O) groups excluding carboxylic acids is 1. The van der Waals surface area contributed by atoms with Crippen molar-refractivity contribution in [2.24, 2.45) is 0 Å². The van der Waals surface area contributed by atoms with Crippen LogP contribution in [0.4, 0.5) is 11.5 Å². The van der Waals surface area contributed by atoms with Gasteiger partial charge in [0.2, 0.25) is 5.91 Å². The van der Waals surface area contributed by atoms with Gasteiger partial charge >= 0.3 is 0 Å². The fourth-order valence-electron chi connectivity index (χ4n) is 3.31. The number of para-hydroxylation sites is 2. The van der Waals surface area contributed by atoms with Crippen molar-refractivity contribution in [1.29, 1.82) is 0 Å². The molecule has 0 aliphatic carbocycles. The fourth-order valence-corrected chi connectivity index (χ4v) is 3.31. The zero-order valence-corrected chi connectivity index (χ0v) is 15.6. The lowest BCUT2D eigenvalue weighted by Crippen LogP contribution is -2.49. The average molecular weight is 365 g/mol. The van der Waals surface area contributed by atoms with E-state index in [1.54, 1.807) is 12.5 Å². The Balaban J connectivity index is 1.39. The largest absolute Gasteiger partial charge is 0.376 e. The van der Waals surface area contributed by atoms with Crippen LogP contribution in [-0.2, 0) is 11.3 Å². The van der Waals surface area contributed by atoms with E-state index >= 15 is 0 Å². The number of hydrogen-bond acceptors (Lipinski definition) is 6. The van der Waals surface area contributed by atoms with Crippen LogP contribution in [-0.4, -0.2) is 70.8 Å². The number of imidazole rings is 1. The Bertz CT molecular complexity index is 944. The molecule has 8 heteroatoms. The third kappa shape index (κ3) is 3.55. The van der Waals surface area contributed by atoms with Gasteiger partial charge in [0.05, 0.1) is 29.2 Å². The fraction of sp³-hybridized carbons (Fsp3) is 0.368. The van der Waals surface area contributed by atoms with Crippen molar-refractivity contribution in [3.63, 3.8) is 0 Å². The highest BCUT2D eigenvalue weighted by Gasteiger charge is 2.23. The minimum Gasteiger partial charge on any atom is -0.376 e. The topological polar surface area (TPSA) is 70.4 Å². The summed E-state index contributed by atoms with van der Waals surface area (Å²) in [4.78, 5) is 23.2. The second kappa shape index (κ2) is 7.22. The molecule has 1 amide bonds. The Morgan fingerprint density at radius 3 is 2.70 bits per heavy atom. The number of fused-ring (bicyclic) bond motifs is 1. The molecule has 0 unspecified atom stereocenters. The molecular weight excluding hydrogens is 342 g/mol. The predicted octanol–water partition coefficient (Wildman–Crippen LogP) is 1.24. The van der Waals surface area contributed by atoms with Gasteiger partial charge < -0.3 is 19.3 Å². The maximum absolute atomic E-state index is 12.7. The van der Waals surface area contributed by atoms with Crippen molar-refractivity contribution in [2.75, 3.05) is 50.1 Å². The first-order valence-electron chi connectivity index (χ1n) is 9.04. The highest BCUT2D eigenvalue weighted by molar-refractivity contribution is 5.80. The Hall–Kier alpha value is -3.16. The van der Waals surface area contributed by atoms with Crippen LogP contribution in [0.25, 0.3) is 11.0 Å². The van der Waals surface area contributed by atoms with Crippen LogP contribution in [0.15, 0.2) is 42.9 Å².